The van der Waals surface area contributed by atoms with Crippen LogP contribution in [0.3, 0.4) is 0 Å². The number of hydrogen-bond acceptors (Lipinski definition) is 3. The first-order valence-electron chi connectivity index (χ1n) is 7.21. The minimum atomic E-state index is -0.399. The van der Waals surface area contributed by atoms with Crippen LogP contribution in [0, 0.1) is 3.57 Å². The van der Waals surface area contributed by atoms with Crippen LogP contribution in [0.4, 0.5) is 0 Å². The van der Waals surface area contributed by atoms with Crippen molar-refractivity contribution in [2.45, 2.75) is 6.61 Å². The first-order valence-corrected chi connectivity index (χ1v) is 8.67. The number of carbonyl (C=O) groups excluding carboxylic acids is 1. The summed E-state index contributed by atoms with van der Waals surface area (Å²) in [5, 5.41) is 0.685. The molecule has 2 rings (SSSR count). The molecule has 0 bridgehead atoms. The van der Waals surface area contributed by atoms with Crippen LogP contribution in [0.25, 0.3) is 6.08 Å². The maximum absolute atomic E-state index is 11.4. The average Bonchev–Trinajstić information content (AvgIpc) is 2.58. The van der Waals surface area contributed by atoms with E-state index in [1.54, 1.807) is 6.08 Å². The van der Waals surface area contributed by atoms with Crippen molar-refractivity contribution in [1.82, 2.24) is 0 Å². The van der Waals surface area contributed by atoms with Gasteiger partial charge in [-0.3, -0.25) is 0 Å². The molecule has 0 radical (unpaired) electrons. The number of esters is 1. The lowest BCUT2D eigenvalue weighted by atomic mass is 10.2. The summed E-state index contributed by atoms with van der Waals surface area (Å²) < 4.78 is 11.6. The van der Waals surface area contributed by atoms with Crippen LogP contribution in [-0.2, 0) is 16.1 Å². The molecule has 0 amide bonds. The molecule has 0 aliphatic rings. The van der Waals surface area contributed by atoms with Gasteiger partial charge in [0, 0.05) is 16.7 Å². The summed E-state index contributed by atoms with van der Waals surface area (Å²) in [6, 6.07) is 13.3. The van der Waals surface area contributed by atoms with E-state index >= 15 is 0 Å². The number of rotatable bonds is 7. The molecular formula is C19H16ClIO3. The van der Waals surface area contributed by atoms with Gasteiger partial charge in [0.05, 0.1) is 3.57 Å². The minimum Gasteiger partial charge on any atom is -0.488 e. The van der Waals surface area contributed by atoms with E-state index in [0.717, 1.165) is 20.4 Å². The van der Waals surface area contributed by atoms with Gasteiger partial charge in [-0.1, -0.05) is 48.5 Å². The van der Waals surface area contributed by atoms with Crippen molar-refractivity contribution >= 4 is 46.2 Å². The maximum atomic E-state index is 11.4. The zero-order chi connectivity index (χ0) is 17.4. The molecule has 0 spiro atoms. The Morgan fingerprint density at radius 3 is 2.75 bits per heavy atom. The lowest BCUT2D eigenvalue weighted by Crippen LogP contribution is -1.99. The Morgan fingerprint density at radius 1 is 1.25 bits per heavy atom. The molecule has 2 aromatic carbocycles. The number of benzene rings is 2. The molecule has 2 aromatic rings. The fourth-order valence-electron chi connectivity index (χ4n) is 1.86. The molecule has 0 aliphatic carbocycles. The lowest BCUT2D eigenvalue weighted by molar-refractivity contribution is -0.136. The van der Waals surface area contributed by atoms with E-state index in [0.29, 0.717) is 11.6 Å². The van der Waals surface area contributed by atoms with Gasteiger partial charge in [0.25, 0.3) is 0 Å². The van der Waals surface area contributed by atoms with Crippen LogP contribution in [-0.4, -0.2) is 12.6 Å². The minimum absolute atomic E-state index is 0.204. The summed E-state index contributed by atoms with van der Waals surface area (Å²) in [5.74, 6) is 0.367. The molecule has 5 heteroatoms. The molecule has 0 unspecified atom stereocenters. The van der Waals surface area contributed by atoms with Crippen molar-refractivity contribution in [3.8, 4) is 5.75 Å². The van der Waals surface area contributed by atoms with E-state index in [9.17, 15) is 4.79 Å². The molecule has 0 saturated heterocycles. The largest absolute Gasteiger partial charge is 0.488 e. The molecule has 0 atom stereocenters. The van der Waals surface area contributed by atoms with Crippen LogP contribution in [0.5, 0.6) is 5.75 Å². The highest BCUT2D eigenvalue weighted by atomic mass is 127. The van der Waals surface area contributed by atoms with Crippen LogP contribution in [0.1, 0.15) is 11.1 Å². The molecule has 0 N–H and O–H groups in total. The zero-order valence-electron chi connectivity index (χ0n) is 12.9. The SMILES string of the molecule is C=CCOC(=O)/C=C/c1ccc(OCc2ccccc2Cl)c(I)c1. The molecule has 3 nitrogen and oxygen atoms in total. The Labute approximate surface area is 160 Å². The topological polar surface area (TPSA) is 35.5 Å². The van der Waals surface area contributed by atoms with Crippen LogP contribution < -0.4 is 4.74 Å². The lowest BCUT2D eigenvalue weighted by Gasteiger charge is -2.10. The highest BCUT2D eigenvalue weighted by Crippen LogP contribution is 2.25. The van der Waals surface area contributed by atoms with Crippen LogP contribution in [0.2, 0.25) is 5.02 Å². The predicted molar refractivity (Wildman–Crippen MR) is 105 cm³/mol. The van der Waals surface area contributed by atoms with Crippen molar-refractivity contribution in [2.24, 2.45) is 0 Å². The van der Waals surface area contributed by atoms with Gasteiger partial charge in [-0.2, -0.15) is 0 Å². The summed E-state index contributed by atoms with van der Waals surface area (Å²) in [7, 11) is 0. The van der Waals surface area contributed by atoms with Crippen LogP contribution in [0.15, 0.2) is 61.2 Å². The number of hydrogen-bond donors (Lipinski definition) is 0. The fraction of sp³-hybridized carbons (Fsp3) is 0.105. The highest BCUT2D eigenvalue weighted by Gasteiger charge is 2.05. The fourth-order valence-corrected chi connectivity index (χ4v) is 2.75. The first-order chi connectivity index (χ1) is 11.6. The Morgan fingerprint density at radius 2 is 2.04 bits per heavy atom. The van der Waals surface area contributed by atoms with E-state index in [-0.39, 0.29) is 6.61 Å². The molecule has 0 fully saturated rings. The molecular weight excluding hydrogens is 439 g/mol. The molecule has 0 aliphatic heterocycles. The number of halogens is 2. The summed E-state index contributed by atoms with van der Waals surface area (Å²) in [5.41, 5.74) is 1.82. The summed E-state index contributed by atoms with van der Waals surface area (Å²) in [4.78, 5) is 11.4. The van der Waals surface area contributed by atoms with Crippen molar-refractivity contribution < 1.29 is 14.3 Å². The standard InChI is InChI=1S/C19H16ClIO3/c1-2-11-23-19(22)10-8-14-7-9-18(17(21)12-14)24-13-15-5-3-4-6-16(15)20/h2-10,12H,1,11,13H2/b10-8+. The van der Waals surface area contributed by atoms with Gasteiger partial charge in [-0.25, -0.2) is 4.79 Å². The first kappa shape index (κ1) is 18.5. The number of ether oxygens (including phenoxy) is 2. The van der Waals surface area contributed by atoms with E-state index in [1.807, 2.05) is 42.5 Å². The van der Waals surface area contributed by atoms with Gasteiger partial charge in [0.1, 0.15) is 19.0 Å². The van der Waals surface area contributed by atoms with Gasteiger partial charge >= 0.3 is 5.97 Å². The second-order valence-corrected chi connectivity index (χ2v) is 6.39. The zero-order valence-corrected chi connectivity index (χ0v) is 15.8. The third kappa shape index (κ3) is 5.69. The average molecular weight is 455 g/mol. The van der Waals surface area contributed by atoms with Gasteiger partial charge in [0.15, 0.2) is 0 Å². The Bertz CT molecular complexity index is 756. The van der Waals surface area contributed by atoms with Crippen LogP contribution >= 0.6 is 34.2 Å². The van der Waals surface area contributed by atoms with E-state index in [1.165, 1.54) is 12.2 Å². The van der Waals surface area contributed by atoms with Gasteiger partial charge < -0.3 is 9.47 Å². The Balaban J connectivity index is 1.99. The van der Waals surface area contributed by atoms with Gasteiger partial charge in [-0.15, -0.1) is 0 Å². The predicted octanol–water partition coefficient (Wildman–Crippen LogP) is 5.27. The summed E-state index contributed by atoms with van der Waals surface area (Å²) in [6.45, 7) is 4.10. The molecule has 0 saturated carbocycles. The Kier molecular flexibility index (Phi) is 7.34. The van der Waals surface area contributed by atoms with E-state index in [4.69, 9.17) is 21.1 Å². The van der Waals surface area contributed by atoms with Crippen molar-refractivity contribution in [3.63, 3.8) is 0 Å². The third-order valence-electron chi connectivity index (χ3n) is 3.05. The molecule has 0 heterocycles. The third-order valence-corrected chi connectivity index (χ3v) is 4.26. The van der Waals surface area contributed by atoms with E-state index < -0.39 is 5.97 Å². The van der Waals surface area contributed by atoms with Crippen molar-refractivity contribution in [2.75, 3.05) is 6.61 Å². The monoisotopic (exact) mass is 454 g/mol. The van der Waals surface area contributed by atoms with Gasteiger partial charge in [-0.05, 0) is 52.4 Å². The normalized spacial score (nSPS) is 10.6. The summed E-state index contributed by atoms with van der Waals surface area (Å²) >= 11 is 8.32. The number of carbonyl (C=O) groups is 1. The molecule has 24 heavy (non-hydrogen) atoms. The van der Waals surface area contributed by atoms with Gasteiger partial charge in [0.2, 0.25) is 0 Å². The quantitative estimate of drug-likeness (QED) is 0.248. The second kappa shape index (κ2) is 9.49. The van der Waals surface area contributed by atoms with E-state index in [2.05, 4.69) is 29.2 Å². The van der Waals surface area contributed by atoms with Crippen molar-refractivity contribution in [3.05, 3.63) is 80.9 Å². The molecule has 0 aromatic heterocycles. The smallest absolute Gasteiger partial charge is 0.331 e. The maximum Gasteiger partial charge on any atom is 0.331 e. The van der Waals surface area contributed by atoms with Crippen molar-refractivity contribution in [1.29, 1.82) is 0 Å². The second-order valence-electron chi connectivity index (χ2n) is 4.82. The molecule has 124 valence electrons. The Hall–Kier alpha value is -1.79. The summed E-state index contributed by atoms with van der Waals surface area (Å²) in [6.07, 6.45) is 4.62. The highest BCUT2D eigenvalue weighted by molar-refractivity contribution is 14.1.